The molecule has 1 heterocycles. The normalized spacial score (nSPS) is 13.2. The van der Waals surface area contributed by atoms with Gasteiger partial charge in [-0.1, -0.05) is 36.4 Å². The Morgan fingerprint density at radius 1 is 0.841 bits per heavy atom. The minimum absolute atomic E-state index is 0.233. The zero-order valence-electron chi connectivity index (χ0n) is 23.3. The van der Waals surface area contributed by atoms with Gasteiger partial charge in [-0.3, -0.25) is 14.4 Å². The Bertz CT molecular complexity index is 1680. The summed E-state index contributed by atoms with van der Waals surface area (Å²) in [5.74, 6) is -1.86. The summed E-state index contributed by atoms with van der Waals surface area (Å²) in [5.41, 5.74) is 1.25. The van der Waals surface area contributed by atoms with E-state index in [1.807, 2.05) is 22.6 Å². The van der Waals surface area contributed by atoms with Gasteiger partial charge in [0.15, 0.2) is 18.1 Å². The first-order chi connectivity index (χ1) is 21.3. The lowest BCUT2D eigenvalue weighted by atomic mass is 10.0. The summed E-state index contributed by atoms with van der Waals surface area (Å²) in [6.07, 6.45) is 1.40. The van der Waals surface area contributed by atoms with Crippen LogP contribution < -0.4 is 24.6 Å². The van der Waals surface area contributed by atoms with E-state index < -0.39 is 29.6 Å². The number of carbonyl (C=O) groups excluding carboxylic acids is 4. The fraction of sp³-hybridized carbons (Fsp3) is 0.0909. The van der Waals surface area contributed by atoms with Crippen LogP contribution in [-0.2, 0) is 14.4 Å². The van der Waals surface area contributed by atoms with E-state index in [1.165, 1.54) is 30.3 Å². The number of barbiturate groups is 1. The first-order valence-corrected chi connectivity index (χ1v) is 14.5. The van der Waals surface area contributed by atoms with E-state index in [4.69, 9.17) is 9.47 Å². The predicted octanol–water partition coefficient (Wildman–Crippen LogP) is 6.43. The molecule has 0 radical (unpaired) electrons. The molecular weight excluding hydrogens is 680 g/mol. The van der Waals surface area contributed by atoms with Crippen LogP contribution >= 0.6 is 22.6 Å². The van der Waals surface area contributed by atoms with Crippen LogP contribution in [0, 0.1) is 9.39 Å². The number of benzene rings is 4. The maximum absolute atomic E-state index is 13.7. The summed E-state index contributed by atoms with van der Waals surface area (Å²) in [7, 11) is 0. The molecule has 1 saturated heterocycles. The standard InChI is InChI=1S/C33H25FIN3O6/c1-2-43-28-19-21(18-27(35)30(28)44-20-29(39)36-23-15-13-22(34)14-16-23)17-26-31(40)37(24-9-5-3-6-10-24)33(42)38(32(26)41)25-11-7-4-8-12-25/h3-19H,2,20H2,1H3,(H,36,39). The molecule has 9 nitrogen and oxygen atoms in total. The second-order valence-corrected chi connectivity index (χ2v) is 10.6. The summed E-state index contributed by atoms with van der Waals surface area (Å²) >= 11 is 2.01. The number of para-hydroxylation sites is 2. The lowest BCUT2D eigenvalue weighted by molar-refractivity contribution is -0.121. The van der Waals surface area contributed by atoms with Crippen LogP contribution in [0.1, 0.15) is 12.5 Å². The Labute approximate surface area is 266 Å². The largest absolute Gasteiger partial charge is 0.490 e. The van der Waals surface area contributed by atoms with Crippen LogP contribution in [0.3, 0.4) is 0 Å². The van der Waals surface area contributed by atoms with Crippen molar-refractivity contribution in [2.75, 3.05) is 28.3 Å². The van der Waals surface area contributed by atoms with Crippen LogP contribution in [0.15, 0.2) is 103 Å². The Morgan fingerprint density at radius 2 is 1.41 bits per heavy atom. The summed E-state index contributed by atoms with van der Waals surface area (Å²) in [6.45, 7) is 1.69. The van der Waals surface area contributed by atoms with Crippen molar-refractivity contribution in [1.29, 1.82) is 0 Å². The smallest absolute Gasteiger partial charge is 0.343 e. The van der Waals surface area contributed by atoms with Crippen molar-refractivity contribution in [3.05, 3.63) is 118 Å². The van der Waals surface area contributed by atoms with E-state index in [9.17, 15) is 23.6 Å². The topological polar surface area (TPSA) is 105 Å². The number of nitrogens with one attached hydrogen (secondary N) is 1. The number of carbonyl (C=O) groups is 4. The molecule has 4 aromatic rings. The molecule has 0 atom stereocenters. The molecule has 5 rings (SSSR count). The molecule has 5 amide bonds. The molecule has 44 heavy (non-hydrogen) atoms. The molecule has 0 saturated carbocycles. The number of hydrogen-bond acceptors (Lipinski definition) is 6. The second kappa shape index (κ2) is 13.5. The molecule has 0 aliphatic carbocycles. The fourth-order valence-corrected chi connectivity index (χ4v) is 5.23. The van der Waals surface area contributed by atoms with Gasteiger partial charge in [0.2, 0.25) is 0 Å². The van der Waals surface area contributed by atoms with Gasteiger partial charge < -0.3 is 14.8 Å². The second-order valence-electron chi connectivity index (χ2n) is 9.40. The SMILES string of the molecule is CCOc1cc(C=C2C(=O)N(c3ccccc3)C(=O)N(c3ccccc3)C2=O)cc(I)c1OCC(=O)Nc1ccc(F)cc1. The van der Waals surface area contributed by atoms with Crippen molar-refractivity contribution in [3.8, 4) is 11.5 Å². The number of ether oxygens (including phenoxy) is 2. The molecule has 11 heteroatoms. The molecule has 0 bridgehead atoms. The number of urea groups is 1. The third kappa shape index (κ3) is 6.62. The average molecular weight is 705 g/mol. The number of amides is 5. The van der Waals surface area contributed by atoms with Gasteiger partial charge >= 0.3 is 6.03 Å². The molecule has 1 fully saturated rings. The molecule has 4 aromatic carbocycles. The first kappa shape index (κ1) is 30.4. The average Bonchev–Trinajstić information content (AvgIpc) is 3.01. The number of halogens is 2. The predicted molar refractivity (Wildman–Crippen MR) is 172 cm³/mol. The summed E-state index contributed by atoms with van der Waals surface area (Å²) in [6, 6.07) is 24.5. The number of hydrogen-bond donors (Lipinski definition) is 1. The van der Waals surface area contributed by atoms with Gasteiger partial charge in [-0.05, 0) is 102 Å². The minimum atomic E-state index is -0.790. The number of imide groups is 2. The van der Waals surface area contributed by atoms with Gasteiger partial charge in [0.25, 0.3) is 17.7 Å². The zero-order chi connectivity index (χ0) is 31.2. The summed E-state index contributed by atoms with van der Waals surface area (Å²) in [5, 5.41) is 2.63. The Morgan fingerprint density at radius 3 is 1.95 bits per heavy atom. The highest BCUT2D eigenvalue weighted by molar-refractivity contribution is 14.1. The highest BCUT2D eigenvalue weighted by atomic mass is 127. The Kier molecular flexibility index (Phi) is 9.34. The summed E-state index contributed by atoms with van der Waals surface area (Å²) in [4.78, 5) is 55.4. The van der Waals surface area contributed by atoms with Gasteiger partial charge in [0.1, 0.15) is 11.4 Å². The van der Waals surface area contributed by atoms with E-state index >= 15 is 0 Å². The van der Waals surface area contributed by atoms with E-state index in [1.54, 1.807) is 79.7 Å². The molecular formula is C33H25FIN3O6. The van der Waals surface area contributed by atoms with Crippen LogP contribution in [0.5, 0.6) is 11.5 Å². The highest BCUT2D eigenvalue weighted by Gasteiger charge is 2.43. The maximum Gasteiger partial charge on any atom is 0.343 e. The van der Waals surface area contributed by atoms with Gasteiger partial charge in [0, 0.05) is 5.69 Å². The van der Waals surface area contributed by atoms with Gasteiger partial charge in [-0.2, -0.15) is 0 Å². The van der Waals surface area contributed by atoms with E-state index in [0.29, 0.717) is 26.2 Å². The van der Waals surface area contributed by atoms with Gasteiger partial charge in [-0.15, -0.1) is 0 Å². The van der Waals surface area contributed by atoms with Crippen LogP contribution in [0.4, 0.5) is 26.2 Å². The lowest BCUT2D eigenvalue weighted by Crippen LogP contribution is -2.57. The number of nitrogens with zero attached hydrogens (tertiary/aromatic N) is 2. The molecule has 1 aliphatic heterocycles. The Hall–Kier alpha value is -5.04. The minimum Gasteiger partial charge on any atom is -0.490 e. The van der Waals surface area contributed by atoms with Crippen LogP contribution in [0.2, 0.25) is 0 Å². The van der Waals surface area contributed by atoms with Crippen LogP contribution in [0.25, 0.3) is 6.08 Å². The number of rotatable bonds is 9. The lowest BCUT2D eigenvalue weighted by Gasteiger charge is -2.34. The van der Waals surface area contributed by atoms with Crippen molar-refractivity contribution in [2.24, 2.45) is 0 Å². The summed E-state index contributed by atoms with van der Waals surface area (Å²) < 4.78 is 25.3. The maximum atomic E-state index is 13.7. The van der Waals surface area contributed by atoms with Gasteiger partial charge in [0.05, 0.1) is 21.6 Å². The highest BCUT2D eigenvalue weighted by Crippen LogP contribution is 2.36. The molecule has 0 spiro atoms. The fourth-order valence-electron chi connectivity index (χ4n) is 4.45. The quantitative estimate of drug-likeness (QED) is 0.122. The third-order valence-electron chi connectivity index (χ3n) is 6.40. The first-order valence-electron chi connectivity index (χ1n) is 13.5. The molecule has 1 N–H and O–H groups in total. The molecule has 0 aromatic heterocycles. The van der Waals surface area contributed by atoms with Crippen molar-refractivity contribution in [3.63, 3.8) is 0 Å². The molecule has 0 unspecified atom stereocenters. The zero-order valence-corrected chi connectivity index (χ0v) is 25.5. The van der Waals surface area contributed by atoms with Crippen molar-refractivity contribution >= 4 is 69.5 Å². The molecule has 1 aliphatic rings. The van der Waals surface area contributed by atoms with E-state index in [2.05, 4.69) is 5.32 Å². The van der Waals surface area contributed by atoms with E-state index in [-0.39, 0.29) is 30.3 Å². The monoisotopic (exact) mass is 705 g/mol. The van der Waals surface area contributed by atoms with Crippen molar-refractivity contribution < 1.29 is 33.0 Å². The molecule has 222 valence electrons. The number of anilines is 3. The van der Waals surface area contributed by atoms with Crippen molar-refractivity contribution in [1.82, 2.24) is 0 Å². The van der Waals surface area contributed by atoms with Crippen LogP contribution in [-0.4, -0.2) is 37.0 Å². The van der Waals surface area contributed by atoms with E-state index in [0.717, 1.165) is 9.80 Å². The third-order valence-corrected chi connectivity index (χ3v) is 7.20. The Balaban J connectivity index is 1.47. The van der Waals surface area contributed by atoms with Gasteiger partial charge in [-0.25, -0.2) is 19.0 Å². The van der Waals surface area contributed by atoms with Crippen molar-refractivity contribution in [2.45, 2.75) is 6.92 Å².